The van der Waals surface area contributed by atoms with Crippen LogP contribution < -0.4 is 5.32 Å². The average Bonchev–Trinajstić information content (AvgIpc) is 2.47. The van der Waals surface area contributed by atoms with Crippen molar-refractivity contribution in [1.82, 2.24) is 10.2 Å². The van der Waals surface area contributed by atoms with Gasteiger partial charge in [-0.3, -0.25) is 4.79 Å². The number of nitrogens with zero attached hydrogens (tertiary/aromatic N) is 1. The van der Waals surface area contributed by atoms with Gasteiger partial charge in [-0.15, -0.1) is 0 Å². The van der Waals surface area contributed by atoms with Crippen LogP contribution in [0, 0.1) is 5.92 Å². The summed E-state index contributed by atoms with van der Waals surface area (Å²) in [5, 5.41) is 3.70. The third-order valence-electron chi connectivity index (χ3n) is 4.86. The van der Waals surface area contributed by atoms with Gasteiger partial charge in [0, 0.05) is 18.6 Å². The summed E-state index contributed by atoms with van der Waals surface area (Å²) >= 11 is 0. The molecule has 0 amide bonds. The van der Waals surface area contributed by atoms with Crippen molar-refractivity contribution >= 4 is 5.97 Å². The third kappa shape index (κ3) is 4.45. The molecule has 1 aliphatic carbocycles. The Kier molecular flexibility index (Phi) is 6.30. The molecule has 1 aliphatic heterocycles. The van der Waals surface area contributed by atoms with Gasteiger partial charge in [0.25, 0.3) is 0 Å². The van der Waals surface area contributed by atoms with Crippen molar-refractivity contribution in [3.8, 4) is 0 Å². The molecule has 20 heavy (non-hydrogen) atoms. The zero-order chi connectivity index (χ0) is 14.4. The molecule has 3 unspecified atom stereocenters. The fraction of sp³-hybridized carbons (Fsp3) is 0.938. The second-order valence-electron chi connectivity index (χ2n) is 6.35. The van der Waals surface area contributed by atoms with E-state index in [1.54, 1.807) is 0 Å². The Morgan fingerprint density at radius 1 is 1.25 bits per heavy atom. The van der Waals surface area contributed by atoms with E-state index in [0.717, 1.165) is 25.8 Å². The maximum absolute atomic E-state index is 11.8. The Hall–Kier alpha value is -0.610. The Labute approximate surface area is 123 Å². The Balaban J connectivity index is 1.73. The van der Waals surface area contributed by atoms with Gasteiger partial charge in [-0.25, -0.2) is 0 Å². The predicted octanol–water partition coefficient (Wildman–Crippen LogP) is 2.18. The lowest BCUT2D eigenvalue weighted by atomic mass is 9.85. The summed E-state index contributed by atoms with van der Waals surface area (Å²) in [5.41, 5.74) is 0. The Bertz CT molecular complexity index is 309. The molecule has 1 saturated carbocycles. The second kappa shape index (κ2) is 7.99. The standard InChI is InChI=1S/C16H30N2O2/c1-3-20-16(19)13-7-6-8-14(11-13)17-12-15-9-4-5-10-18(15)2/h13-15,17H,3-12H2,1-2H3. The van der Waals surface area contributed by atoms with E-state index in [2.05, 4.69) is 17.3 Å². The molecule has 0 spiro atoms. The SMILES string of the molecule is CCOC(=O)C1CCCC(NCC2CCCCN2C)C1. The summed E-state index contributed by atoms with van der Waals surface area (Å²) < 4.78 is 5.17. The first kappa shape index (κ1) is 15.8. The van der Waals surface area contributed by atoms with Gasteiger partial charge in [-0.05, 0) is 52.6 Å². The summed E-state index contributed by atoms with van der Waals surface area (Å²) in [7, 11) is 2.23. The van der Waals surface area contributed by atoms with E-state index in [4.69, 9.17) is 4.74 Å². The predicted molar refractivity (Wildman–Crippen MR) is 80.7 cm³/mol. The first-order valence-corrected chi connectivity index (χ1v) is 8.31. The van der Waals surface area contributed by atoms with Gasteiger partial charge in [-0.1, -0.05) is 12.8 Å². The van der Waals surface area contributed by atoms with Crippen LogP contribution in [0.1, 0.15) is 51.9 Å². The van der Waals surface area contributed by atoms with Crippen LogP contribution in [-0.2, 0) is 9.53 Å². The highest BCUT2D eigenvalue weighted by Gasteiger charge is 2.29. The van der Waals surface area contributed by atoms with Crippen LogP contribution in [0.15, 0.2) is 0 Å². The zero-order valence-electron chi connectivity index (χ0n) is 13.1. The van der Waals surface area contributed by atoms with Crippen molar-refractivity contribution in [2.24, 2.45) is 5.92 Å². The Morgan fingerprint density at radius 2 is 2.10 bits per heavy atom. The smallest absolute Gasteiger partial charge is 0.308 e. The van der Waals surface area contributed by atoms with E-state index >= 15 is 0 Å². The lowest BCUT2D eigenvalue weighted by Crippen LogP contribution is -2.47. The number of esters is 1. The molecule has 0 aromatic rings. The summed E-state index contributed by atoms with van der Waals surface area (Å²) in [6.45, 7) is 4.68. The largest absolute Gasteiger partial charge is 0.466 e. The number of carbonyl (C=O) groups is 1. The molecule has 0 aromatic carbocycles. The molecule has 2 aliphatic rings. The fourth-order valence-corrected chi connectivity index (χ4v) is 3.55. The van der Waals surface area contributed by atoms with Gasteiger partial charge in [0.1, 0.15) is 0 Å². The molecule has 4 nitrogen and oxygen atoms in total. The van der Waals surface area contributed by atoms with Crippen LogP contribution in [-0.4, -0.2) is 49.7 Å². The van der Waals surface area contributed by atoms with Crippen LogP contribution >= 0.6 is 0 Å². The van der Waals surface area contributed by atoms with Crippen LogP contribution in [0.3, 0.4) is 0 Å². The zero-order valence-corrected chi connectivity index (χ0v) is 13.1. The summed E-state index contributed by atoms with van der Waals surface area (Å²) in [6.07, 6.45) is 8.29. The highest BCUT2D eigenvalue weighted by atomic mass is 16.5. The number of piperidine rings is 1. The van der Waals surface area contributed by atoms with Crippen molar-refractivity contribution in [3.63, 3.8) is 0 Å². The average molecular weight is 282 g/mol. The van der Waals surface area contributed by atoms with Gasteiger partial charge in [-0.2, -0.15) is 0 Å². The number of rotatable bonds is 5. The fourth-order valence-electron chi connectivity index (χ4n) is 3.55. The molecular formula is C16H30N2O2. The van der Waals surface area contributed by atoms with Gasteiger partial charge in [0.2, 0.25) is 0 Å². The molecule has 2 fully saturated rings. The normalized spacial score (nSPS) is 32.0. The first-order valence-electron chi connectivity index (χ1n) is 8.31. The van der Waals surface area contributed by atoms with Crippen LogP contribution in [0.5, 0.6) is 0 Å². The number of nitrogens with one attached hydrogen (secondary N) is 1. The monoisotopic (exact) mass is 282 g/mol. The number of likely N-dealkylation sites (N-methyl/N-ethyl adjacent to an activating group) is 1. The van der Waals surface area contributed by atoms with Gasteiger partial charge >= 0.3 is 5.97 Å². The lowest BCUT2D eigenvalue weighted by Gasteiger charge is -2.35. The lowest BCUT2D eigenvalue weighted by molar-refractivity contribution is -0.149. The van der Waals surface area contributed by atoms with E-state index < -0.39 is 0 Å². The number of hydrogen-bond acceptors (Lipinski definition) is 4. The van der Waals surface area contributed by atoms with Crippen molar-refractivity contribution in [2.45, 2.75) is 64.0 Å². The topological polar surface area (TPSA) is 41.6 Å². The van der Waals surface area contributed by atoms with E-state index in [1.807, 2.05) is 6.92 Å². The molecule has 2 rings (SSSR count). The van der Waals surface area contributed by atoms with Crippen molar-refractivity contribution in [2.75, 3.05) is 26.7 Å². The minimum absolute atomic E-state index is 0.00813. The number of hydrogen-bond donors (Lipinski definition) is 1. The van der Waals surface area contributed by atoms with Crippen LogP contribution in [0.2, 0.25) is 0 Å². The molecule has 116 valence electrons. The molecule has 3 atom stereocenters. The third-order valence-corrected chi connectivity index (χ3v) is 4.86. The maximum Gasteiger partial charge on any atom is 0.308 e. The molecule has 4 heteroatoms. The van der Waals surface area contributed by atoms with E-state index in [1.165, 1.54) is 32.2 Å². The van der Waals surface area contributed by atoms with Crippen LogP contribution in [0.4, 0.5) is 0 Å². The number of carbonyl (C=O) groups excluding carboxylic acids is 1. The summed E-state index contributed by atoms with van der Waals surface area (Å²) in [5.74, 6) is 0.124. The maximum atomic E-state index is 11.8. The first-order chi connectivity index (χ1) is 9.70. The van der Waals surface area contributed by atoms with Crippen molar-refractivity contribution < 1.29 is 9.53 Å². The minimum atomic E-state index is 0.00813. The highest BCUT2D eigenvalue weighted by Crippen LogP contribution is 2.25. The van der Waals surface area contributed by atoms with Gasteiger partial charge < -0.3 is 15.0 Å². The van der Waals surface area contributed by atoms with Gasteiger partial charge in [0.05, 0.1) is 12.5 Å². The van der Waals surface area contributed by atoms with Gasteiger partial charge in [0.15, 0.2) is 0 Å². The van der Waals surface area contributed by atoms with Crippen LogP contribution in [0.25, 0.3) is 0 Å². The number of likely N-dealkylation sites (tertiary alicyclic amines) is 1. The minimum Gasteiger partial charge on any atom is -0.466 e. The summed E-state index contributed by atoms with van der Waals surface area (Å²) in [6, 6.07) is 1.17. The second-order valence-corrected chi connectivity index (χ2v) is 6.35. The van der Waals surface area contributed by atoms with E-state index in [-0.39, 0.29) is 11.9 Å². The molecule has 1 heterocycles. The quantitative estimate of drug-likeness (QED) is 0.785. The Morgan fingerprint density at radius 3 is 2.85 bits per heavy atom. The van der Waals surface area contributed by atoms with E-state index in [9.17, 15) is 4.79 Å². The van der Waals surface area contributed by atoms with Crippen molar-refractivity contribution in [1.29, 1.82) is 0 Å². The molecule has 0 radical (unpaired) electrons. The molecule has 0 bridgehead atoms. The molecular weight excluding hydrogens is 252 g/mol. The van der Waals surface area contributed by atoms with E-state index in [0.29, 0.717) is 18.7 Å². The number of ether oxygens (including phenoxy) is 1. The highest BCUT2D eigenvalue weighted by molar-refractivity contribution is 5.72. The molecule has 0 aromatic heterocycles. The summed E-state index contributed by atoms with van der Waals surface area (Å²) in [4.78, 5) is 14.3. The molecule has 1 N–H and O–H groups in total. The molecule has 1 saturated heterocycles. The van der Waals surface area contributed by atoms with Crippen molar-refractivity contribution in [3.05, 3.63) is 0 Å².